The number of hydrogen-bond donors (Lipinski definition) is 0. The van der Waals surface area contributed by atoms with E-state index in [9.17, 15) is 0 Å². The molecule has 0 aromatic heterocycles. The maximum absolute atomic E-state index is 6.37. The first kappa shape index (κ1) is 18.5. The molecule has 1 atom stereocenters. The van der Waals surface area contributed by atoms with Gasteiger partial charge in [-0.1, -0.05) is 35.9 Å². The van der Waals surface area contributed by atoms with Gasteiger partial charge >= 0.3 is 0 Å². The van der Waals surface area contributed by atoms with Crippen LogP contribution < -0.4 is 4.90 Å². The lowest BCUT2D eigenvalue weighted by Gasteiger charge is -2.37. The quantitative estimate of drug-likeness (QED) is 0.780. The van der Waals surface area contributed by atoms with Crippen LogP contribution in [0.1, 0.15) is 5.56 Å². The molecule has 0 radical (unpaired) electrons. The Balaban J connectivity index is 1.26. The van der Waals surface area contributed by atoms with Crippen molar-refractivity contribution < 1.29 is 4.74 Å². The second-order valence-electron chi connectivity index (χ2n) is 7.57. The molecule has 2 aromatic rings. The van der Waals surface area contributed by atoms with E-state index in [0.29, 0.717) is 6.02 Å². The van der Waals surface area contributed by atoms with Gasteiger partial charge in [-0.2, -0.15) is 4.99 Å². The van der Waals surface area contributed by atoms with Gasteiger partial charge in [0, 0.05) is 38.3 Å². The minimum atomic E-state index is 0.211. The number of para-hydroxylation sites is 2. The van der Waals surface area contributed by atoms with Crippen molar-refractivity contribution in [1.82, 2.24) is 9.80 Å². The van der Waals surface area contributed by atoms with E-state index in [1.807, 2.05) is 36.4 Å². The normalized spacial score (nSPS) is 21.4. The van der Waals surface area contributed by atoms with Crippen molar-refractivity contribution in [2.45, 2.75) is 6.04 Å². The molecule has 0 spiro atoms. The number of rotatable bonds is 3. The highest BCUT2D eigenvalue weighted by Gasteiger charge is 2.35. The smallest absolute Gasteiger partial charge is 0.298 e. The molecule has 5 rings (SSSR count). The summed E-state index contributed by atoms with van der Waals surface area (Å²) in [5.41, 5.74) is 3.14. The predicted octanol–water partition coefficient (Wildman–Crippen LogP) is 3.24. The van der Waals surface area contributed by atoms with Crippen LogP contribution in [0, 0.1) is 0 Å². The minimum absolute atomic E-state index is 0.211. The van der Waals surface area contributed by atoms with Crippen molar-refractivity contribution in [2.75, 3.05) is 51.3 Å². The molecule has 3 aliphatic heterocycles. The number of benzene rings is 2. The van der Waals surface area contributed by atoms with Crippen LogP contribution in [0.4, 0.5) is 11.4 Å². The van der Waals surface area contributed by atoms with Gasteiger partial charge in [-0.15, -0.1) is 0 Å². The Morgan fingerprint density at radius 1 is 1.03 bits per heavy atom. The molecule has 150 valence electrons. The maximum atomic E-state index is 6.37. The molecule has 0 saturated carbocycles. The summed E-state index contributed by atoms with van der Waals surface area (Å²) in [6.45, 7) is 5.72. The Bertz CT molecular complexity index is 967. The highest BCUT2D eigenvalue weighted by molar-refractivity contribution is 6.33. The molecule has 7 heteroatoms. The third kappa shape index (κ3) is 3.47. The molecular formula is C22H24ClN5O. The Morgan fingerprint density at radius 2 is 1.79 bits per heavy atom. The molecule has 0 aliphatic carbocycles. The largest absolute Gasteiger partial charge is 0.468 e. The summed E-state index contributed by atoms with van der Waals surface area (Å²) in [6.07, 6.45) is 0. The van der Waals surface area contributed by atoms with Gasteiger partial charge < -0.3 is 9.64 Å². The van der Waals surface area contributed by atoms with Crippen molar-refractivity contribution in [3.05, 3.63) is 59.1 Å². The monoisotopic (exact) mass is 409 g/mol. The molecule has 3 aliphatic rings. The standard InChI is InChI=1S/C22H24ClN5O/c1-29-22-25-19-8-4-2-6-17(19)21-24-16(15-28(21)22)14-26-10-12-27(13-11-26)20-9-5-3-7-18(20)23/h2-9,16H,10-15H2,1H3. The number of ether oxygens (including phenoxy) is 1. The molecule has 29 heavy (non-hydrogen) atoms. The Hall–Kier alpha value is -2.57. The lowest BCUT2D eigenvalue weighted by Crippen LogP contribution is -2.49. The fraction of sp³-hybridized carbons (Fsp3) is 0.364. The molecule has 1 unspecified atom stereocenters. The van der Waals surface area contributed by atoms with Crippen LogP contribution in [0.5, 0.6) is 0 Å². The number of fused-ring (bicyclic) bond motifs is 3. The fourth-order valence-corrected chi connectivity index (χ4v) is 4.58. The van der Waals surface area contributed by atoms with Gasteiger partial charge in [-0.25, -0.2) is 0 Å². The number of aliphatic imine (C=N–C) groups is 2. The minimum Gasteiger partial charge on any atom is -0.468 e. The molecule has 6 nitrogen and oxygen atoms in total. The lowest BCUT2D eigenvalue weighted by atomic mass is 10.1. The number of amidine groups is 2. The predicted molar refractivity (Wildman–Crippen MR) is 118 cm³/mol. The van der Waals surface area contributed by atoms with Gasteiger partial charge in [0.25, 0.3) is 6.02 Å². The average molecular weight is 410 g/mol. The third-order valence-electron chi connectivity index (χ3n) is 5.76. The summed E-state index contributed by atoms with van der Waals surface area (Å²) in [4.78, 5) is 16.7. The second-order valence-corrected chi connectivity index (χ2v) is 7.98. The molecular weight excluding hydrogens is 386 g/mol. The van der Waals surface area contributed by atoms with Gasteiger partial charge in [-0.3, -0.25) is 14.8 Å². The summed E-state index contributed by atoms with van der Waals surface area (Å²) in [6, 6.07) is 17.1. The van der Waals surface area contributed by atoms with E-state index in [0.717, 1.165) is 67.1 Å². The number of hydrogen-bond acceptors (Lipinski definition) is 6. The Labute approximate surface area is 176 Å². The number of nitrogens with zero attached hydrogens (tertiary/aromatic N) is 5. The zero-order valence-electron chi connectivity index (χ0n) is 16.5. The summed E-state index contributed by atoms with van der Waals surface area (Å²) in [5.74, 6) is 0.979. The number of methoxy groups -OCH3 is 1. The van der Waals surface area contributed by atoms with Crippen LogP contribution in [-0.4, -0.2) is 74.1 Å². The SMILES string of the molecule is COC1=Nc2ccccc2C2=NC(CN3CCN(c4ccccc4Cl)CC3)CN12. The van der Waals surface area contributed by atoms with Gasteiger partial charge in [0.15, 0.2) is 0 Å². The van der Waals surface area contributed by atoms with E-state index in [-0.39, 0.29) is 6.04 Å². The highest BCUT2D eigenvalue weighted by atomic mass is 35.5. The molecule has 0 bridgehead atoms. The van der Waals surface area contributed by atoms with E-state index >= 15 is 0 Å². The van der Waals surface area contributed by atoms with Crippen molar-refractivity contribution in [3.63, 3.8) is 0 Å². The van der Waals surface area contributed by atoms with E-state index < -0.39 is 0 Å². The van der Waals surface area contributed by atoms with E-state index in [1.54, 1.807) is 7.11 Å². The van der Waals surface area contributed by atoms with Crippen molar-refractivity contribution in [2.24, 2.45) is 9.98 Å². The van der Waals surface area contributed by atoms with Crippen LogP contribution in [0.25, 0.3) is 0 Å². The maximum Gasteiger partial charge on any atom is 0.298 e. The Kier molecular flexibility index (Phi) is 4.89. The Morgan fingerprint density at radius 3 is 2.59 bits per heavy atom. The zero-order chi connectivity index (χ0) is 19.8. The summed E-state index contributed by atoms with van der Waals surface area (Å²) in [7, 11) is 1.67. The first-order chi connectivity index (χ1) is 14.2. The third-order valence-corrected chi connectivity index (χ3v) is 6.08. The van der Waals surface area contributed by atoms with Gasteiger partial charge in [0.2, 0.25) is 0 Å². The molecule has 3 heterocycles. The van der Waals surface area contributed by atoms with Gasteiger partial charge in [0.05, 0.1) is 36.1 Å². The van der Waals surface area contributed by atoms with E-state index in [4.69, 9.17) is 21.3 Å². The molecule has 1 fully saturated rings. The zero-order valence-corrected chi connectivity index (χ0v) is 17.2. The number of anilines is 1. The van der Waals surface area contributed by atoms with Crippen LogP contribution in [0.3, 0.4) is 0 Å². The van der Waals surface area contributed by atoms with Crippen molar-refractivity contribution in [3.8, 4) is 0 Å². The number of halogens is 1. The van der Waals surface area contributed by atoms with E-state index in [2.05, 4.69) is 31.8 Å². The molecule has 2 aromatic carbocycles. The average Bonchev–Trinajstić information content (AvgIpc) is 3.18. The van der Waals surface area contributed by atoms with Crippen molar-refractivity contribution >= 4 is 34.8 Å². The number of piperazine rings is 1. The molecule has 0 amide bonds. The highest BCUT2D eigenvalue weighted by Crippen LogP contribution is 2.30. The summed E-state index contributed by atoms with van der Waals surface area (Å²) < 4.78 is 5.54. The molecule has 0 N–H and O–H groups in total. The first-order valence-electron chi connectivity index (χ1n) is 10.0. The van der Waals surface area contributed by atoms with Gasteiger partial charge in [-0.05, 0) is 24.3 Å². The van der Waals surface area contributed by atoms with Crippen LogP contribution in [0.2, 0.25) is 5.02 Å². The van der Waals surface area contributed by atoms with Crippen LogP contribution >= 0.6 is 11.6 Å². The van der Waals surface area contributed by atoms with Crippen LogP contribution in [-0.2, 0) is 4.74 Å². The van der Waals surface area contributed by atoms with E-state index in [1.165, 1.54) is 0 Å². The summed E-state index contributed by atoms with van der Waals surface area (Å²) >= 11 is 6.37. The lowest BCUT2D eigenvalue weighted by molar-refractivity contribution is 0.239. The fourth-order valence-electron chi connectivity index (χ4n) is 4.32. The summed E-state index contributed by atoms with van der Waals surface area (Å²) in [5, 5.41) is 0.824. The molecule has 1 saturated heterocycles. The second kappa shape index (κ2) is 7.69. The topological polar surface area (TPSA) is 43.7 Å². The first-order valence-corrected chi connectivity index (χ1v) is 10.4. The van der Waals surface area contributed by atoms with Crippen LogP contribution in [0.15, 0.2) is 58.5 Å². The van der Waals surface area contributed by atoms with Gasteiger partial charge in [0.1, 0.15) is 5.84 Å². The van der Waals surface area contributed by atoms with Crippen molar-refractivity contribution in [1.29, 1.82) is 0 Å².